The number of methoxy groups -OCH3 is 1. The van der Waals surface area contributed by atoms with Gasteiger partial charge in [-0.25, -0.2) is 17.2 Å². The second kappa shape index (κ2) is 6.78. The number of carbonyl (C=O) groups is 1. The molecule has 0 aliphatic heterocycles. The van der Waals surface area contributed by atoms with Crippen LogP contribution in [0.3, 0.4) is 0 Å². The van der Waals surface area contributed by atoms with E-state index in [-0.39, 0.29) is 6.42 Å². The van der Waals surface area contributed by atoms with E-state index in [1.165, 1.54) is 0 Å². The zero-order valence-electron chi connectivity index (χ0n) is 11.2. The van der Waals surface area contributed by atoms with Crippen LogP contribution in [0.1, 0.15) is 26.2 Å². The van der Waals surface area contributed by atoms with Gasteiger partial charge in [0.05, 0.1) is 12.0 Å². The Kier molecular flexibility index (Phi) is 5.62. The first-order valence-corrected chi connectivity index (χ1v) is 7.66. The number of rotatable bonds is 6. The molecule has 7 heteroatoms. The van der Waals surface area contributed by atoms with Crippen molar-refractivity contribution in [3.63, 3.8) is 0 Å². The van der Waals surface area contributed by atoms with Crippen molar-refractivity contribution >= 4 is 15.8 Å². The number of unbranched alkanes of at least 4 members (excludes halogenated alkanes) is 1. The lowest BCUT2D eigenvalue weighted by atomic mass is 10.2. The van der Waals surface area contributed by atoms with Crippen molar-refractivity contribution in [1.29, 1.82) is 0 Å². The molecule has 0 saturated heterocycles. The van der Waals surface area contributed by atoms with Gasteiger partial charge in [0.25, 0.3) is 0 Å². The standard InChI is InChI=1S/C13H16F2O4S/c1-3-4-5-12(13(16)19-2)20(17,18)9-6-7-10(14)11(15)8-9/h6-8,12H,3-5H2,1-2H3. The van der Waals surface area contributed by atoms with Gasteiger partial charge < -0.3 is 4.74 Å². The van der Waals surface area contributed by atoms with Gasteiger partial charge >= 0.3 is 5.97 Å². The smallest absolute Gasteiger partial charge is 0.324 e. The Hall–Kier alpha value is -1.50. The summed E-state index contributed by atoms with van der Waals surface area (Å²) in [5.74, 6) is -3.32. The van der Waals surface area contributed by atoms with Crippen molar-refractivity contribution in [3.05, 3.63) is 29.8 Å². The first kappa shape index (κ1) is 16.6. The van der Waals surface area contributed by atoms with Crippen LogP contribution in [0.2, 0.25) is 0 Å². The number of carbonyl (C=O) groups excluding carboxylic acids is 1. The van der Waals surface area contributed by atoms with Gasteiger partial charge in [-0.1, -0.05) is 19.8 Å². The minimum absolute atomic E-state index is 0.0739. The van der Waals surface area contributed by atoms with Crippen molar-refractivity contribution in [1.82, 2.24) is 0 Å². The summed E-state index contributed by atoms with van der Waals surface area (Å²) in [5, 5.41) is -1.41. The second-order valence-corrected chi connectivity index (χ2v) is 6.41. The molecular formula is C13H16F2O4S. The molecule has 0 spiro atoms. The van der Waals surface area contributed by atoms with E-state index in [0.29, 0.717) is 18.9 Å². The SMILES string of the molecule is CCCCC(C(=O)OC)S(=O)(=O)c1ccc(F)c(F)c1. The largest absolute Gasteiger partial charge is 0.468 e. The van der Waals surface area contributed by atoms with Gasteiger partial charge in [-0.2, -0.15) is 0 Å². The predicted molar refractivity (Wildman–Crippen MR) is 68.9 cm³/mol. The van der Waals surface area contributed by atoms with Crippen LogP contribution in [-0.2, 0) is 19.4 Å². The van der Waals surface area contributed by atoms with E-state index < -0.39 is 37.6 Å². The van der Waals surface area contributed by atoms with Crippen molar-refractivity contribution in [2.75, 3.05) is 7.11 Å². The quantitative estimate of drug-likeness (QED) is 0.598. The van der Waals surface area contributed by atoms with E-state index in [0.717, 1.165) is 19.2 Å². The number of halogens is 2. The van der Waals surface area contributed by atoms with Gasteiger partial charge in [0.1, 0.15) is 0 Å². The van der Waals surface area contributed by atoms with Crippen LogP contribution in [0.25, 0.3) is 0 Å². The summed E-state index contributed by atoms with van der Waals surface area (Å²) < 4.78 is 55.1. The maximum absolute atomic E-state index is 13.2. The molecule has 1 rings (SSSR count). The third-order valence-corrected chi connectivity index (χ3v) is 4.97. The minimum atomic E-state index is -4.11. The van der Waals surface area contributed by atoms with E-state index in [1.807, 2.05) is 6.92 Å². The number of benzene rings is 1. The Bertz CT molecular complexity index is 584. The molecule has 0 heterocycles. The highest BCUT2D eigenvalue weighted by molar-refractivity contribution is 7.92. The zero-order valence-corrected chi connectivity index (χ0v) is 12.0. The van der Waals surface area contributed by atoms with Crippen LogP contribution in [-0.4, -0.2) is 26.7 Å². The van der Waals surface area contributed by atoms with E-state index in [1.54, 1.807) is 0 Å². The van der Waals surface area contributed by atoms with E-state index in [4.69, 9.17) is 0 Å². The van der Waals surface area contributed by atoms with Crippen LogP contribution >= 0.6 is 0 Å². The molecule has 112 valence electrons. The molecule has 0 amide bonds. The molecule has 0 aliphatic carbocycles. The Morgan fingerprint density at radius 1 is 1.30 bits per heavy atom. The third-order valence-electron chi connectivity index (χ3n) is 2.88. The molecule has 0 N–H and O–H groups in total. The molecule has 1 aromatic carbocycles. The maximum Gasteiger partial charge on any atom is 0.324 e. The van der Waals surface area contributed by atoms with Crippen LogP contribution < -0.4 is 0 Å². The molecule has 1 aromatic rings. The summed E-state index contributed by atoms with van der Waals surface area (Å²) >= 11 is 0. The summed E-state index contributed by atoms with van der Waals surface area (Å²) in [6.45, 7) is 1.85. The maximum atomic E-state index is 13.2. The van der Waals surface area contributed by atoms with E-state index in [2.05, 4.69) is 4.74 Å². The van der Waals surface area contributed by atoms with Gasteiger partial charge in [0.15, 0.2) is 26.7 Å². The first-order valence-electron chi connectivity index (χ1n) is 6.11. The minimum Gasteiger partial charge on any atom is -0.468 e. The number of hydrogen-bond acceptors (Lipinski definition) is 4. The van der Waals surface area contributed by atoms with Crippen LogP contribution in [0, 0.1) is 11.6 Å². The van der Waals surface area contributed by atoms with E-state index in [9.17, 15) is 22.0 Å². The monoisotopic (exact) mass is 306 g/mol. The fraction of sp³-hybridized carbons (Fsp3) is 0.462. The molecule has 0 bridgehead atoms. The van der Waals surface area contributed by atoms with Crippen molar-refractivity contribution in [2.45, 2.75) is 36.3 Å². The van der Waals surface area contributed by atoms with Crippen molar-refractivity contribution in [2.24, 2.45) is 0 Å². The first-order chi connectivity index (χ1) is 9.34. The van der Waals surface area contributed by atoms with Gasteiger partial charge in [0.2, 0.25) is 0 Å². The average molecular weight is 306 g/mol. The topological polar surface area (TPSA) is 60.4 Å². The average Bonchev–Trinajstić information content (AvgIpc) is 2.41. The fourth-order valence-corrected chi connectivity index (χ4v) is 3.42. The van der Waals surface area contributed by atoms with Crippen LogP contribution in [0.15, 0.2) is 23.1 Å². The normalized spacial score (nSPS) is 13.0. The summed E-state index contributed by atoms with van der Waals surface area (Å²) in [7, 11) is -3.02. The van der Waals surface area contributed by atoms with Crippen LogP contribution in [0.4, 0.5) is 8.78 Å². The molecule has 0 fully saturated rings. The number of esters is 1. The molecule has 0 radical (unpaired) electrons. The number of hydrogen-bond donors (Lipinski definition) is 0. The Morgan fingerprint density at radius 2 is 1.95 bits per heavy atom. The highest BCUT2D eigenvalue weighted by Crippen LogP contribution is 2.23. The van der Waals surface area contributed by atoms with Crippen molar-refractivity contribution < 1.29 is 26.7 Å². The predicted octanol–water partition coefficient (Wildman–Crippen LogP) is 2.47. The van der Waals surface area contributed by atoms with Gasteiger partial charge in [-0.15, -0.1) is 0 Å². The molecule has 0 saturated carbocycles. The Morgan fingerprint density at radius 3 is 2.45 bits per heavy atom. The summed E-state index contributed by atoms with van der Waals surface area (Å²) in [5.41, 5.74) is 0. The third kappa shape index (κ3) is 3.53. The molecule has 20 heavy (non-hydrogen) atoms. The summed E-state index contributed by atoms with van der Waals surface area (Å²) in [4.78, 5) is 11.2. The number of sulfone groups is 1. The van der Waals surface area contributed by atoms with Gasteiger partial charge in [-0.05, 0) is 24.6 Å². The molecular weight excluding hydrogens is 290 g/mol. The highest BCUT2D eigenvalue weighted by Gasteiger charge is 2.34. The molecule has 0 aliphatic rings. The molecule has 1 unspecified atom stereocenters. The van der Waals surface area contributed by atoms with Gasteiger partial charge in [0, 0.05) is 0 Å². The summed E-state index contributed by atoms with van der Waals surface area (Å²) in [6, 6.07) is 2.23. The lowest BCUT2D eigenvalue weighted by Crippen LogP contribution is -2.31. The Labute approximate surface area is 116 Å². The number of ether oxygens (including phenoxy) is 1. The lowest BCUT2D eigenvalue weighted by molar-refractivity contribution is -0.140. The van der Waals surface area contributed by atoms with Gasteiger partial charge in [-0.3, -0.25) is 4.79 Å². The summed E-state index contributed by atoms with van der Waals surface area (Å²) in [6.07, 6.45) is 1.27. The molecule has 0 aromatic heterocycles. The highest BCUT2D eigenvalue weighted by atomic mass is 32.2. The fourth-order valence-electron chi connectivity index (χ4n) is 1.74. The zero-order chi connectivity index (χ0) is 15.3. The Balaban J connectivity index is 3.21. The molecule has 1 atom stereocenters. The van der Waals surface area contributed by atoms with E-state index >= 15 is 0 Å². The van der Waals surface area contributed by atoms with Crippen molar-refractivity contribution in [3.8, 4) is 0 Å². The second-order valence-electron chi connectivity index (χ2n) is 4.27. The lowest BCUT2D eigenvalue weighted by Gasteiger charge is -2.15. The molecule has 4 nitrogen and oxygen atoms in total. The van der Waals surface area contributed by atoms with Crippen LogP contribution in [0.5, 0.6) is 0 Å².